The lowest BCUT2D eigenvalue weighted by Gasteiger charge is -2.18. The maximum absolute atomic E-state index is 12.0. The molecule has 1 amide bonds. The van der Waals surface area contributed by atoms with Crippen LogP contribution in [0.3, 0.4) is 0 Å². The number of hydrogen-bond acceptors (Lipinski definition) is 3. The molecule has 0 aliphatic heterocycles. The Bertz CT molecular complexity index is 432. The lowest BCUT2D eigenvalue weighted by Crippen LogP contribution is -2.30. The van der Waals surface area contributed by atoms with Crippen LogP contribution in [0.2, 0.25) is 0 Å². The highest BCUT2D eigenvalue weighted by Gasteiger charge is 2.11. The molecule has 0 N–H and O–H groups in total. The van der Waals surface area contributed by atoms with Gasteiger partial charge in [-0.15, -0.1) is 0 Å². The summed E-state index contributed by atoms with van der Waals surface area (Å²) in [5.41, 5.74) is 1.14. The van der Waals surface area contributed by atoms with Crippen molar-refractivity contribution in [3.05, 3.63) is 35.4 Å². The Morgan fingerprint density at radius 2 is 2.00 bits per heavy atom. The number of ether oxygens (including phenoxy) is 1. The zero-order valence-corrected chi connectivity index (χ0v) is 11.0. The zero-order chi connectivity index (χ0) is 13.5. The van der Waals surface area contributed by atoms with E-state index in [-0.39, 0.29) is 12.0 Å². The smallest absolute Gasteiger partial charge is 0.253 e. The number of carbonyl (C=O) groups excluding carboxylic acids is 1. The monoisotopic (exact) mass is 246 g/mol. The van der Waals surface area contributed by atoms with Crippen molar-refractivity contribution in [3.63, 3.8) is 0 Å². The minimum atomic E-state index is -0.0631. The molecule has 0 aromatic heterocycles. The number of nitrogens with zero attached hydrogens (tertiary/aromatic N) is 2. The van der Waals surface area contributed by atoms with E-state index in [2.05, 4.69) is 0 Å². The van der Waals surface area contributed by atoms with E-state index < -0.39 is 0 Å². The molecule has 1 aromatic carbocycles. The molecule has 0 atom stereocenters. The van der Waals surface area contributed by atoms with Crippen molar-refractivity contribution in [2.24, 2.45) is 0 Å². The Morgan fingerprint density at radius 3 is 2.50 bits per heavy atom. The second-order valence-corrected chi connectivity index (χ2v) is 4.34. The van der Waals surface area contributed by atoms with Gasteiger partial charge in [0.05, 0.1) is 24.3 Å². The van der Waals surface area contributed by atoms with Crippen LogP contribution in [0.25, 0.3) is 0 Å². The molecule has 0 saturated carbocycles. The van der Waals surface area contributed by atoms with Crippen LogP contribution in [0, 0.1) is 11.3 Å². The fourth-order valence-corrected chi connectivity index (χ4v) is 1.43. The van der Waals surface area contributed by atoms with Gasteiger partial charge >= 0.3 is 0 Å². The highest BCUT2D eigenvalue weighted by molar-refractivity contribution is 5.94. The zero-order valence-electron chi connectivity index (χ0n) is 11.0. The first-order valence-corrected chi connectivity index (χ1v) is 5.92. The van der Waals surface area contributed by atoms with Crippen LogP contribution in [-0.4, -0.2) is 37.1 Å². The van der Waals surface area contributed by atoms with Crippen molar-refractivity contribution in [2.75, 3.05) is 20.2 Å². The number of hydrogen-bond donors (Lipinski definition) is 0. The molecular weight excluding hydrogens is 228 g/mol. The summed E-state index contributed by atoms with van der Waals surface area (Å²) in [4.78, 5) is 13.6. The maximum atomic E-state index is 12.0. The number of likely N-dealkylation sites (N-methyl/N-ethyl adjacent to an activating group) is 1. The molecule has 1 aromatic rings. The molecule has 4 nitrogen and oxygen atoms in total. The van der Waals surface area contributed by atoms with Crippen molar-refractivity contribution >= 4 is 5.91 Å². The fraction of sp³-hybridized carbons (Fsp3) is 0.429. The van der Waals surface area contributed by atoms with Gasteiger partial charge in [0, 0.05) is 19.2 Å². The van der Waals surface area contributed by atoms with Crippen LogP contribution >= 0.6 is 0 Å². The van der Waals surface area contributed by atoms with Gasteiger partial charge in [0.15, 0.2) is 0 Å². The Labute approximate surface area is 108 Å². The molecule has 0 aliphatic carbocycles. The van der Waals surface area contributed by atoms with E-state index in [0.29, 0.717) is 24.3 Å². The van der Waals surface area contributed by atoms with Gasteiger partial charge in [-0.1, -0.05) is 0 Å². The lowest BCUT2D eigenvalue weighted by atomic mass is 10.1. The van der Waals surface area contributed by atoms with Crippen LogP contribution < -0.4 is 0 Å². The lowest BCUT2D eigenvalue weighted by molar-refractivity contribution is 0.0532. The number of carbonyl (C=O) groups is 1. The number of amides is 1. The van der Waals surface area contributed by atoms with Crippen molar-refractivity contribution in [1.82, 2.24) is 4.90 Å². The average molecular weight is 246 g/mol. The third-order valence-electron chi connectivity index (χ3n) is 2.49. The Hall–Kier alpha value is -1.86. The van der Waals surface area contributed by atoms with Crippen LogP contribution in [0.15, 0.2) is 24.3 Å². The highest BCUT2D eigenvalue weighted by Crippen LogP contribution is 2.06. The topological polar surface area (TPSA) is 53.3 Å². The minimum Gasteiger partial charge on any atom is -0.377 e. The number of rotatable bonds is 5. The van der Waals surface area contributed by atoms with E-state index in [1.54, 1.807) is 36.2 Å². The van der Waals surface area contributed by atoms with Crippen molar-refractivity contribution < 1.29 is 9.53 Å². The highest BCUT2D eigenvalue weighted by atomic mass is 16.5. The van der Waals surface area contributed by atoms with E-state index in [4.69, 9.17) is 10.00 Å². The van der Waals surface area contributed by atoms with Gasteiger partial charge in [0.2, 0.25) is 0 Å². The van der Waals surface area contributed by atoms with Gasteiger partial charge in [0.1, 0.15) is 0 Å². The Morgan fingerprint density at radius 1 is 1.39 bits per heavy atom. The van der Waals surface area contributed by atoms with Gasteiger partial charge in [-0.25, -0.2) is 0 Å². The summed E-state index contributed by atoms with van der Waals surface area (Å²) in [5.74, 6) is -0.0631. The van der Waals surface area contributed by atoms with Gasteiger partial charge < -0.3 is 9.64 Å². The van der Waals surface area contributed by atoms with Crippen molar-refractivity contribution in [2.45, 2.75) is 20.0 Å². The fourth-order valence-electron chi connectivity index (χ4n) is 1.43. The molecule has 0 saturated heterocycles. The Kier molecular flexibility index (Phi) is 5.34. The molecule has 0 spiro atoms. The van der Waals surface area contributed by atoms with Gasteiger partial charge in [-0.2, -0.15) is 5.26 Å². The number of nitriles is 1. The molecule has 0 bridgehead atoms. The first-order chi connectivity index (χ1) is 8.54. The van der Waals surface area contributed by atoms with Crippen LogP contribution in [0.1, 0.15) is 29.8 Å². The molecule has 0 unspecified atom stereocenters. The van der Waals surface area contributed by atoms with E-state index in [9.17, 15) is 4.79 Å². The minimum absolute atomic E-state index is 0.0631. The predicted molar refractivity (Wildman–Crippen MR) is 69.2 cm³/mol. The Balaban J connectivity index is 2.55. The summed E-state index contributed by atoms with van der Waals surface area (Å²) < 4.78 is 5.40. The average Bonchev–Trinajstić information content (AvgIpc) is 2.37. The predicted octanol–water partition coefficient (Wildman–Crippen LogP) is 2.06. The van der Waals surface area contributed by atoms with Crippen LogP contribution in [0.5, 0.6) is 0 Å². The molecule has 0 fully saturated rings. The summed E-state index contributed by atoms with van der Waals surface area (Å²) in [5, 5.41) is 8.68. The molecule has 1 rings (SSSR count). The molecule has 0 aliphatic rings. The summed E-state index contributed by atoms with van der Waals surface area (Å²) in [7, 11) is 1.74. The van der Waals surface area contributed by atoms with E-state index >= 15 is 0 Å². The molecule has 96 valence electrons. The van der Waals surface area contributed by atoms with E-state index in [1.807, 2.05) is 19.9 Å². The first kappa shape index (κ1) is 14.2. The summed E-state index contributed by atoms with van der Waals surface area (Å²) in [6, 6.07) is 8.65. The summed E-state index contributed by atoms with van der Waals surface area (Å²) in [6.07, 6.45) is 0.170. The quantitative estimate of drug-likeness (QED) is 0.799. The third kappa shape index (κ3) is 4.19. The normalized spacial score (nSPS) is 10.2. The summed E-state index contributed by atoms with van der Waals surface area (Å²) in [6.45, 7) is 5.00. The van der Waals surface area contributed by atoms with Gasteiger partial charge in [-0.05, 0) is 38.1 Å². The first-order valence-electron chi connectivity index (χ1n) is 5.92. The maximum Gasteiger partial charge on any atom is 0.253 e. The van der Waals surface area contributed by atoms with Gasteiger partial charge in [0.25, 0.3) is 5.91 Å². The number of benzene rings is 1. The van der Waals surface area contributed by atoms with E-state index in [0.717, 1.165) is 0 Å². The van der Waals surface area contributed by atoms with E-state index in [1.165, 1.54) is 0 Å². The SMILES string of the molecule is CC(C)OCCN(C)C(=O)c1ccc(C#N)cc1. The third-order valence-corrected chi connectivity index (χ3v) is 2.49. The second kappa shape index (κ2) is 6.77. The second-order valence-electron chi connectivity index (χ2n) is 4.34. The van der Waals surface area contributed by atoms with Crippen LogP contribution in [0.4, 0.5) is 0 Å². The molecule has 0 heterocycles. The van der Waals surface area contributed by atoms with Crippen molar-refractivity contribution in [1.29, 1.82) is 5.26 Å². The molecule has 0 radical (unpaired) electrons. The molecular formula is C14H18N2O2. The van der Waals surface area contributed by atoms with Crippen LogP contribution in [-0.2, 0) is 4.74 Å². The molecule has 18 heavy (non-hydrogen) atoms. The molecule has 4 heteroatoms. The summed E-state index contributed by atoms with van der Waals surface area (Å²) >= 11 is 0. The van der Waals surface area contributed by atoms with Crippen molar-refractivity contribution in [3.8, 4) is 6.07 Å². The standard InChI is InChI=1S/C14H18N2O2/c1-11(2)18-9-8-16(3)14(17)13-6-4-12(10-15)5-7-13/h4-7,11H,8-9H2,1-3H3. The largest absolute Gasteiger partial charge is 0.377 e. The van der Waals surface area contributed by atoms with Gasteiger partial charge in [-0.3, -0.25) is 4.79 Å².